The molecule has 0 bridgehead atoms. The summed E-state index contributed by atoms with van der Waals surface area (Å²) in [7, 11) is 0. The van der Waals surface area contributed by atoms with E-state index in [0.29, 0.717) is 28.6 Å². The fraction of sp³-hybridized carbons (Fsp3) is 0.364. The monoisotopic (exact) mass is 260 g/mol. The predicted molar refractivity (Wildman–Crippen MR) is 68.0 cm³/mol. The van der Waals surface area contributed by atoms with Crippen LogP contribution in [0, 0.1) is 0 Å². The molecule has 1 amide bonds. The largest absolute Gasteiger partial charge is 0.328 e. The molecule has 0 saturated carbocycles. The van der Waals surface area contributed by atoms with Crippen LogP contribution in [-0.4, -0.2) is 11.9 Å². The summed E-state index contributed by atoms with van der Waals surface area (Å²) in [6, 6.07) is 5.00. The molecule has 1 aromatic carbocycles. The van der Waals surface area contributed by atoms with Crippen LogP contribution < -0.4 is 11.1 Å². The van der Waals surface area contributed by atoms with Gasteiger partial charge in [0.05, 0.1) is 10.0 Å². The third-order valence-corrected chi connectivity index (χ3v) is 2.77. The number of hydrogen-bond donors (Lipinski definition) is 2. The molecule has 1 aromatic rings. The first-order valence-electron chi connectivity index (χ1n) is 4.99. The molecule has 1 rings (SSSR count). The number of carbonyl (C=O) groups excluding carboxylic acids is 1. The molecule has 16 heavy (non-hydrogen) atoms. The summed E-state index contributed by atoms with van der Waals surface area (Å²) in [5, 5.41) is 3.62. The second-order valence-corrected chi connectivity index (χ2v) is 4.51. The van der Waals surface area contributed by atoms with Gasteiger partial charge in [-0.25, -0.2) is 0 Å². The second kappa shape index (κ2) is 6.09. The lowest BCUT2D eigenvalue weighted by Gasteiger charge is -2.07. The van der Waals surface area contributed by atoms with Crippen LogP contribution in [0.5, 0.6) is 0 Å². The maximum atomic E-state index is 11.5. The van der Waals surface area contributed by atoms with Crippen molar-refractivity contribution in [1.82, 2.24) is 0 Å². The van der Waals surface area contributed by atoms with Crippen molar-refractivity contribution in [3.8, 4) is 0 Å². The highest BCUT2D eigenvalue weighted by Gasteiger charge is 2.05. The highest BCUT2D eigenvalue weighted by atomic mass is 35.5. The highest BCUT2D eigenvalue weighted by molar-refractivity contribution is 6.42. The van der Waals surface area contributed by atoms with Crippen LogP contribution in [0.1, 0.15) is 19.8 Å². The molecule has 0 fully saturated rings. The lowest BCUT2D eigenvalue weighted by molar-refractivity contribution is -0.116. The normalized spacial score (nSPS) is 12.2. The zero-order chi connectivity index (χ0) is 12.1. The van der Waals surface area contributed by atoms with Crippen molar-refractivity contribution < 1.29 is 4.79 Å². The molecule has 0 saturated heterocycles. The van der Waals surface area contributed by atoms with Crippen LogP contribution in [0.4, 0.5) is 5.69 Å². The average Bonchev–Trinajstić information content (AvgIpc) is 2.21. The van der Waals surface area contributed by atoms with Crippen LogP contribution in [0.25, 0.3) is 0 Å². The van der Waals surface area contributed by atoms with Crippen molar-refractivity contribution in [3.63, 3.8) is 0 Å². The summed E-state index contributed by atoms with van der Waals surface area (Å²) in [5.41, 5.74) is 6.20. The Labute approximate surface area is 105 Å². The Kier molecular flexibility index (Phi) is 5.06. The number of amides is 1. The Hall–Kier alpha value is -0.770. The van der Waals surface area contributed by atoms with Gasteiger partial charge in [0.15, 0.2) is 0 Å². The second-order valence-electron chi connectivity index (χ2n) is 3.69. The molecule has 3 N–H and O–H groups in total. The molecule has 0 aliphatic rings. The zero-order valence-electron chi connectivity index (χ0n) is 8.97. The molecule has 5 heteroatoms. The third-order valence-electron chi connectivity index (χ3n) is 2.03. The van der Waals surface area contributed by atoms with Crippen LogP contribution in [-0.2, 0) is 4.79 Å². The Morgan fingerprint density at radius 2 is 2.12 bits per heavy atom. The van der Waals surface area contributed by atoms with E-state index >= 15 is 0 Å². The molecule has 3 nitrogen and oxygen atoms in total. The van der Waals surface area contributed by atoms with Crippen molar-refractivity contribution in [3.05, 3.63) is 28.2 Å². The van der Waals surface area contributed by atoms with Crippen molar-refractivity contribution >= 4 is 34.8 Å². The van der Waals surface area contributed by atoms with E-state index in [9.17, 15) is 4.79 Å². The fourth-order valence-corrected chi connectivity index (χ4v) is 1.45. The van der Waals surface area contributed by atoms with E-state index in [1.54, 1.807) is 18.2 Å². The topological polar surface area (TPSA) is 55.1 Å². The summed E-state index contributed by atoms with van der Waals surface area (Å²) >= 11 is 11.6. The number of rotatable bonds is 4. The van der Waals surface area contributed by atoms with Gasteiger partial charge >= 0.3 is 0 Å². The van der Waals surface area contributed by atoms with E-state index in [1.165, 1.54) is 0 Å². The number of nitrogens with one attached hydrogen (secondary N) is 1. The Morgan fingerprint density at radius 3 is 2.69 bits per heavy atom. The minimum absolute atomic E-state index is 0.0274. The molecule has 0 radical (unpaired) electrons. The summed E-state index contributed by atoms with van der Waals surface area (Å²) in [4.78, 5) is 11.5. The molecule has 88 valence electrons. The van der Waals surface area contributed by atoms with Crippen molar-refractivity contribution in [2.45, 2.75) is 25.8 Å². The maximum absolute atomic E-state index is 11.5. The first-order chi connectivity index (χ1) is 7.49. The average molecular weight is 261 g/mol. The SMILES string of the molecule is CC(N)CCC(=O)Nc1ccc(Cl)c(Cl)c1. The molecular weight excluding hydrogens is 247 g/mol. The van der Waals surface area contributed by atoms with Gasteiger partial charge in [-0.05, 0) is 31.5 Å². The number of carbonyl (C=O) groups is 1. The molecule has 1 unspecified atom stereocenters. The summed E-state index contributed by atoms with van der Waals surface area (Å²) in [5.74, 6) is -0.0734. The van der Waals surface area contributed by atoms with E-state index in [2.05, 4.69) is 5.32 Å². The molecule has 0 aliphatic carbocycles. The lowest BCUT2D eigenvalue weighted by Crippen LogP contribution is -2.19. The molecular formula is C11H14Cl2N2O. The van der Waals surface area contributed by atoms with Gasteiger partial charge in [-0.1, -0.05) is 23.2 Å². The highest BCUT2D eigenvalue weighted by Crippen LogP contribution is 2.25. The first-order valence-corrected chi connectivity index (χ1v) is 5.75. The van der Waals surface area contributed by atoms with E-state index < -0.39 is 0 Å². The fourth-order valence-electron chi connectivity index (χ4n) is 1.16. The zero-order valence-corrected chi connectivity index (χ0v) is 10.5. The van der Waals surface area contributed by atoms with Crippen LogP contribution in [0.3, 0.4) is 0 Å². The van der Waals surface area contributed by atoms with E-state index in [4.69, 9.17) is 28.9 Å². The number of nitrogens with two attached hydrogens (primary N) is 1. The molecule has 0 heterocycles. The van der Waals surface area contributed by atoms with Gasteiger partial charge in [0.2, 0.25) is 5.91 Å². The maximum Gasteiger partial charge on any atom is 0.224 e. The lowest BCUT2D eigenvalue weighted by atomic mass is 10.2. The third kappa shape index (κ3) is 4.39. The van der Waals surface area contributed by atoms with E-state index in [1.807, 2.05) is 6.92 Å². The van der Waals surface area contributed by atoms with Crippen LogP contribution in [0.15, 0.2) is 18.2 Å². The van der Waals surface area contributed by atoms with Crippen molar-refractivity contribution in [1.29, 1.82) is 0 Å². The molecule has 0 aromatic heterocycles. The molecule has 1 atom stereocenters. The van der Waals surface area contributed by atoms with Gasteiger partial charge in [-0.3, -0.25) is 4.79 Å². The van der Waals surface area contributed by atoms with Crippen molar-refractivity contribution in [2.24, 2.45) is 5.73 Å². The van der Waals surface area contributed by atoms with Gasteiger partial charge < -0.3 is 11.1 Å². The minimum Gasteiger partial charge on any atom is -0.328 e. The van der Waals surface area contributed by atoms with Crippen molar-refractivity contribution in [2.75, 3.05) is 5.32 Å². The Bertz CT molecular complexity index is 380. The standard InChI is InChI=1S/C11H14Cl2N2O/c1-7(14)2-5-11(16)15-8-3-4-9(12)10(13)6-8/h3-4,6-7H,2,5,14H2,1H3,(H,15,16). The van der Waals surface area contributed by atoms with Gasteiger partial charge in [0, 0.05) is 18.2 Å². The summed E-state index contributed by atoms with van der Waals surface area (Å²) < 4.78 is 0. The van der Waals surface area contributed by atoms with E-state index in [-0.39, 0.29) is 11.9 Å². The number of halogens is 2. The van der Waals surface area contributed by atoms with Gasteiger partial charge in [0.1, 0.15) is 0 Å². The predicted octanol–water partition coefficient (Wildman–Crippen LogP) is 3.06. The van der Waals surface area contributed by atoms with Crippen LogP contribution in [0.2, 0.25) is 10.0 Å². The van der Waals surface area contributed by atoms with Gasteiger partial charge in [-0.2, -0.15) is 0 Å². The Morgan fingerprint density at radius 1 is 1.44 bits per heavy atom. The van der Waals surface area contributed by atoms with E-state index in [0.717, 1.165) is 0 Å². The summed E-state index contributed by atoms with van der Waals surface area (Å²) in [6.07, 6.45) is 1.06. The van der Waals surface area contributed by atoms with Crippen LogP contribution >= 0.6 is 23.2 Å². The molecule has 0 spiro atoms. The number of anilines is 1. The smallest absolute Gasteiger partial charge is 0.224 e. The van der Waals surface area contributed by atoms with Gasteiger partial charge in [0.25, 0.3) is 0 Å². The minimum atomic E-state index is -0.0734. The molecule has 0 aliphatic heterocycles. The Balaban J connectivity index is 2.53. The first kappa shape index (κ1) is 13.3. The number of benzene rings is 1. The quantitative estimate of drug-likeness (QED) is 0.875. The van der Waals surface area contributed by atoms with Gasteiger partial charge in [-0.15, -0.1) is 0 Å². The summed E-state index contributed by atoms with van der Waals surface area (Å²) in [6.45, 7) is 1.87. The number of hydrogen-bond acceptors (Lipinski definition) is 2.